The van der Waals surface area contributed by atoms with E-state index in [1.165, 1.54) is 0 Å². The van der Waals surface area contributed by atoms with Crippen molar-refractivity contribution >= 4 is 29.1 Å². The molecule has 0 aliphatic rings. The van der Waals surface area contributed by atoms with Crippen LogP contribution >= 0.6 is 23.2 Å². The van der Waals surface area contributed by atoms with Crippen molar-refractivity contribution in [2.75, 3.05) is 6.54 Å². The number of hydrogen-bond acceptors (Lipinski definition) is 2. The summed E-state index contributed by atoms with van der Waals surface area (Å²) in [6.45, 7) is 6.18. The van der Waals surface area contributed by atoms with Crippen molar-refractivity contribution in [3.8, 4) is 0 Å². The molecule has 1 aromatic rings. The molecule has 100 valence electrons. The standard InChI is InChI=1S/C13H18Cl2N2O/c1-8(2)16-7-13(18)17-9(3)11-5-4-10(14)6-12(11)15/h4-6,8-9,16H,7H2,1-3H3,(H,17,18)/t9-/m1/s1. The highest BCUT2D eigenvalue weighted by Crippen LogP contribution is 2.25. The van der Waals surface area contributed by atoms with Gasteiger partial charge in [0.1, 0.15) is 0 Å². The summed E-state index contributed by atoms with van der Waals surface area (Å²) in [7, 11) is 0. The zero-order valence-corrected chi connectivity index (χ0v) is 12.3. The van der Waals surface area contributed by atoms with Gasteiger partial charge in [0.05, 0.1) is 12.6 Å². The fourth-order valence-electron chi connectivity index (χ4n) is 1.52. The second-order valence-electron chi connectivity index (χ2n) is 4.49. The smallest absolute Gasteiger partial charge is 0.234 e. The Balaban J connectivity index is 2.59. The van der Waals surface area contributed by atoms with Crippen molar-refractivity contribution in [3.05, 3.63) is 33.8 Å². The van der Waals surface area contributed by atoms with Gasteiger partial charge in [0.15, 0.2) is 0 Å². The van der Waals surface area contributed by atoms with Crippen LogP contribution in [0.5, 0.6) is 0 Å². The lowest BCUT2D eigenvalue weighted by Gasteiger charge is -2.17. The van der Waals surface area contributed by atoms with E-state index in [4.69, 9.17) is 23.2 Å². The minimum atomic E-state index is -0.142. The minimum Gasteiger partial charge on any atom is -0.348 e. The van der Waals surface area contributed by atoms with Gasteiger partial charge >= 0.3 is 0 Å². The van der Waals surface area contributed by atoms with Gasteiger partial charge in [-0.15, -0.1) is 0 Å². The predicted octanol–water partition coefficient (Wildman–Crippen LogP) is 3.17. The molecule has 0 spiro atoms. The molecule has 1 rings (SSSR count). The third kappa shape index (κ3) is 4.84. The molecule has 3 nitrogen and oxygen atoms in total. The molecule has 0 bridgehead atoms. The number of rotatable bonds is 5. The first-order chi connectivity index (χ1) is 8.40. The summed E-state index contributed by atoms with van der Waals surface area (Å²) in [4.78, 5) is 11.7. The van der Waals surface area contributed by atoms with Gasteiger partial charge in [0.25, 0.3) is 0 Å². The molecule has 0 aliphatic carbocycles. The number of benzene rings is 1. The molecule has 5 heteroatoms. The SMILES string of the molecule is CC(C)NCC(=O)N[C@H](C)c1ccc(Cl)cc1Cl. The van der Waals surface area contributed by atoms with Gasteiger partial charge in [-0.3, -0.25) is 4.79 Å². The van der Waals surface area contributed by atoms with Crippen LogP contribution in [0.4, 0.5) is 0 Å². The van der Waals surface area contributed by atoms with Gasteiger partial charge in [0, 0.05) is 16.1 Å². The predicted molar refractivity (Wildman–Crippen MR) is 76.2 cm³/mol. The third-order valence-corrected chi connectivity index (χ3v) is 3.04. The molecule has 1 amide bonds. The van der Waals surface area contributed by atoms with E-state index in [2.05, 4.69) is 10.6 Å². The Hall–Kier alpha value is -0.770. The van der Waals surface area contributed by atoms with Gasteiger partial charge in [0.2, 0.25) is 5.91 Å². The highest BCUT2D eigenvalue weighted by molar-refractivity contribution is 6.35. The van der Waals surface area contributed by atoms with E-state index in [-0.39, 0.29) is 18.0 Å². The van der Waals surface area contributed by atoms with Crippen molar-refractivity contribution in [1.29, 1.82) is 0 Å². The summed E-state index contributed by atoms with van der Waals surface area (Å²) in [6, 6.07) is 5.40. The van der Waals surface area contributed by atoms with Crippen LogP contribution in [-0.2, 0) is 4.79 Å². The van der Waals surface area contributed by atoms with Gasteiger partial charge in [-0.1, -0.05) is 43.1 Å². The maximum atomic E-state index is 11.7. The van der Waals surface area contributed by atoms with E-state index in [1.807, 2.05) is 26.8 Å². The van der Waals surface area contributed by atoms with E-state index in [0.29, 0.717) is 16.6 Å². The molecule has 18 heavy (non-hydrogen) atoms. The van der Waals surface area contributed by atoms with Crippen LogP contribution in [0.2, 0.25) is 10.0 Å². The summed E-state index contributed by atoms with van der Waals surface area (Å²) in [5, 5.41) is 7.09. The van der Waals surface area contributed by atoms with Crippen LogP contribution in [0.1, 0.15) is 32.4 Å². The van der Waals surface area contributed by atoms with Crippen LogP contribution < -0.4 is 10.6 Å². The lowest BCUT2D eigenvalue weighted by molar-refractivity contribution is -0.121. The Labute approximate surface area is 118 Å². The largest absolute Gasteiger partial charge is 0.348 e. The maximum absolute atomic E-state index is 11.7. The summed E-state index contributed by atoms with van der Waals surface area (Å²) < 4.78 is 0. The van der Waals surface area contributed by atoms with Gasteiger partial charge < -0.3 is 10.6 Å². The monoisotopic (exact) mass is 288 g/mol. The fraction of sp³-hybridized carbons (Fsp3) is 0.462. The maximum Gasteiger partial charge on any atom is 0.234 e. The van der Waals surface area contributed by atoms with E-state index in [9.17, 15) is 4.79 Å². The van der Waals surface area contributed by atoms with Gasteiger partial charge in [-0.05, 0) is 24.6 Å². The Kier molecular flexibility index (Phi) is 5.93. The molecule has 0 fully saturated rings. The normalized spacial score (nSPS) is 12.6. The van der Waals surface area contributed by atoms with Gasteiger partial charge in [-0.2, -0.15) is 0 Å². The molecule has 1 atom stereocenters. The van der Waals surface area contributed by atoms with Crippen LogP contribution in [-0.4, -0.2) is 18.5 Å². The first kappa shape index (κ1) is 15.3. The molecule has 0 saturated heterocycles. The van der Waals surface area contributed by atoms with Crippen LogP contribution in [0.25, 0.3) is 0 Å². The number of carbonyl (C=O) groups excluding carboxylic acids is 1. The first-order valence-electron chi connectivity index (χ1n) is 5.88. The van der Waals surface area contributed by atoms with E-state index < -0.39 is 0 Å². The average Bonchev–Trinajstić information content (AvgIpc) is 2.26. The first-order valence-corrected chi connectivity index (χ1v) is 6.63. The molecule has 2 N–H and O–H groups in total. The molecule has 0 aliphatic heterocycles. The second kappa shape index (κ2) is 6.98. The summed E-state index contributed by atoms with van der Waals surface area (Å²) >= 11 is 11.9. The molecule has 0 saturated carbocycles. The number of hydrogen-bond donors (Lipinski definition) is 2. The fourth-order valence-corrected chi connectivity index (χ4v) is 2.09. The Bertz CT molecular complexity index is 421. The summed E-state index contributed by atoms with van der Waals surface area (Å²) in [6.07, 6.45) is 0. The second-order valence-corrected chi connectivity index (χ2v) is 5.33. The Morgan fingerprint density at radius 2 is 1.94 bits per heavy atom. The number of amides is 1. The van der Waals surface area contributed by atoms with Crippen LogP contribution in [0, 0.1) is 0 Å². The Morgan fingerprint density at radius 3 is 2.50 bits per heavy atom. The minimum absolute atomic E-state index is 0.0535. The van der Waals surface area contributed by atoms with E-state index in [1.54, 1.807) is 12.1 Å². The van der Waals surface area contributed by atoms with Crippen molar-refractivity contribution in [1.82, 2.24) is 10.6 Å². The Morgan fingerprint density at radius 1 is 1.28 bits per heavy atom. The van der Waals surface area contributed by atoms with E-state index >= 15 is 0 Å². The number of halogens is 2. The zero-order chi connectivity index (χ0) is 13.7. The van der Waals surface area contributed by atoms with Crippen LogP contribution in [0.15, 0.2) is 18.2 Å². The molecule has 0 aromatic heterocycles. The number of carbonyl (C=O) groups is 1. The molecule has 0 heterocycles. The van der Waals surface area contributed by atoms with Crippen molar-refractivity contribution in [2.24, 2.45) is 0 Å². The molecular formula is C13H18Cl2N2O. The lowest BCUT2D eigenvalue weighted by Crippen LogP contribution is -2.38. The third-order valence-electron chi connectivity index (χ3n) is 2.48. The van der Waals surface area contributed by atoms with Crippen molar-refractivity contribution in [3.63, 3.8) is 0 Å². The summed E-state index contributed by atoms with van der Waals surface area (Å²) in [5.41, 5.74) is 0.860. The highest BCUT2D eigenvalue weighted by Gasteiger charge is 2.12. The highest BCUT2D eigenvalue weighted by atomic mass is 35.5. The average molecular weight is 289 g/mol. The van der Waals surface area contributed by atoms with E-state index in [0.717, 1.165) is 5.56 Å². The molecule has 0 unspecified atom stereocenters. The van der Waals surface area contributed by atoms with Gasteiger partial charge in [-0.25, -0.2) is 0 Å². The van der Waals surface area contributed by atoms with Crippen molar-refractivity contribution < 1.29 is 4.79 Å². The topological polar surface area (TPSA) is 41.1 Å². The lowest BCUT2D eigenvalue weighted by atomic mass is 10.1. The molecule has 0 radical (unpaired) electrons. The number of nitrogens with one attached hydrogen (secondary N) is 2. The van der Waals surface area contributed by atoms with Crippen molar-refractivity contribution in [2.45, 2.75) is 32.9 Å². The van der Waals surface area contributed by atoms with Crippen LogP contribution in [0.3, 0.4) is 0 Å². The quantitative estimate of drug-likeness (QED) is 0.874. The molecular weight excluding hydrogens is 271 g/mol. The summed E-state index contributed by atoms with van der Waals surface area (Å²) in [5.74, 6) is -0.0535. The zero-order valence-electron chi connectivity index (χ0n) is 10.8. The molecule has 1 aromatic carbocycles.